The van der Waals surface area contributed by atoms with Crippen LogP contribution >= 0.6 is 0 Å². The number of likely N-dealkylation sites (N-methyl/N-ethyl adjacent to an activating group) is 1. The van der Waals surface area contributed by atoms with Crippen LogP contribution in [0.3, 0.4) is 0 Å². The van der Waals surface area contributed by atoms with E-state index in [1.807, 2.05) is 24.3 Å². The van der Waals surface area contributed by atoms with E-state index in [4.69, 9.17) is 0 Å². The van der Waals surface area contributed by atoms with E-state index in [0.29, 0.717) is 25.2 Å². The van der Waals surface area contributed by atoms with E-state index in [-0.39, 0.29) is 17.8 Å². The first-order valence-corrected chi connectivity index (χ1v) is 8.20. The van der Waals surface area contributed by atoms with E-state index in [9.17, 15) is 14.0 Å². The molecule has 128 valence electrons. The minimum atomic E-state index is -0.661. The van der Waals surface area contributed by atoms with E-state index in [2.05, 4.69) is 5.32 Å². The maximum absolute atomic E-state index is 13.0. The molecular weight excluding hydrogens is 321 g/mol. The number of urea groups is 1. The largest absolute Gasteiger partial charge is 0.323 e. The van der Waals surface area contributed by atoms with Crippen LogP contribution in [0.5, 0.6) is 0 Å². The van der Waals surface area contributed by atoms with Crippen molar-refractivity contribution in [2.75, 3.05) is 30.4 Å². The van der Waals surface area contributed by atoms with Crippen molar-refractivity contribution in [1.29, 1.82) is 0 Å². The number of rotatable bonds is 1. The number of hydrogen-bond acceptors (Lipinski definition) is 2. The highest BCUT2D eigenvalue weighted by atomic mass is 19.1. The molecular formula is C19H18FN3O2. The van der Waals surface area contributed by atoms with Gasteiger partial charge >= 0.3 is 6.03 Å². The maximum Gasteiger partial charge on any atom is 0.321 e. The molecule has 0 radical (unpaired) electrons. The SMILES string of the molecule is CN1C(=O)[C@]2(CCN(C(=O)Nc3ccc(F)cc3)C2)c2ccccc21. The van der Waals surface area contributed by atoms with Crippen LogP contribution in [0.25, 0.3) is 0 Å². The number of para-hydroxylation sites is 1. The third-order valence-corrected chi connectivity index (χ3v) is 5.15. The summed E-state index contributed by atoms with van der Waals surface area (Å²) >= 11 is 0. The maximum atomic E-state index is 13.0. The number of halogens is 1. The van der Waals surface area contributed by atoms with Crippen molar-refractivity contribution >= 4 is 23.3 Å². The molecule has 2 heterocycles. The zero-order valence-electron chi connectivity index (χ0n) is 13.8. The molecule has 0 saturated carbocycles. The Balaban J connectivity index is 1.56. The van der Waals surface area contributed by atoms with Gasteiger partial charge in [-0.1, -0.05) is 18.2 Å². The first-order chi connectivity index (χ1) is 12.0. The molecule has 2 aromatic carbocycles. The van der Waals surface area contributed by atoms with E-state index in [1.165, 1.54) is 24.3 Å². The lowest BCUT2D eigenvalue weighted by Crippen LogP contribution is -2.42. The first kappa shape index (κ1) is 15.6. The molecule has 1 atom stereocenters. The number of anilines is 2. The molecule has 1 N–H and O–H groups in total. The Kier molecular flexibility index (Phi) is 3.49. The Labute approximate surface area is 145 Å². The zero-order valence-corrected chi connectivity index (χ0v) is 13.8. The van der Waals surface area contributed by atoms with Gasteiger partial charge in [0.25, 0.3) is 0 Å². The highest BCUT2D eigenvalue weighted by Crippen LogP contribution is 2.46. The first-order valence-electron chi connectivity index (χ1n) is 8.20. The van der Waals surface area contributed by atoms with Crippen molar-refractivity contribution < 1.29 is 14.0 Å². The number of hydrogen-bond donors (Lipinski definition) is 1. The highest BCUT2D eigenvalue weighted by molar-refractivity contribution is 6.08. The van der Waals surface area contributed by atoms with Gasteiger partial charge in [-0.15, -0.1) is 0 Å². The standard InChI is InChI=1S/C19H18FN3O2/c1-22-16-5-3-2-4-15(16)19(17(22)24)10-11-23(12-19)18(25)21-14-8-6-13(20)7-9-14/h2-9H,10-12H2,1H3,(H,21,25)/t19-/m0/s1. The van der Waals surface area contributed by atoms with Gasteiger partial charge in [0, 0.05) is 31.5 Å². The Bertz CT molecular complexity index is 852. The second-order valence-corrected chi connectivity index (χ2v) is 6.57. The fraction of sp³-hybridized carbons (Fsp3) is 0.263. The average molecular weight is 339 g/mol. The molecule has 1 spiro atoms. The number of benzene rings is 2. The summed E-state index contributed by atoms with van der Waals surface area (Å²) in [5.74, 6) is -0.319. The molecule has 0 unspecified atom stereocenters. The van der Waals surface area contributed by atoms with E-state index in [0.717, 1.165) is 11.3 Å². The van der Waals surface area contributed by atoms with Gasteiger partial charge in [0.05, 0.1) is 5.41 Å². The Morgan fingerprint density at radius 3 is 2.64 bits per heavy atom. The van der Waals surface area contributed by atoms with Crippen LogP contribution in [0.4, 0.5) is 20.6 Å². The summed E-state index contributed by atoms with van der Waals surface area (Å²) in [6.07, 6.45) is 0.601. The van der Waals surface area contributed by atoms with E-state index >= 15 is 0 Å². The second-order valence-electron chi connectivity index (χ2n) is 6.57. The zero-order chi connectivity index (χ0) is 17.6. The van der Waals surface area contributed by atoms with Crippen molar-refractivity contribution in [2.45, 2.75) is 11.8 Å². The Morgan fingerprint density at radius 1 is 1.16 bits per heavy atom. The molecule has 1 saturated heterocycles. The van der Waals surface area contributed by atoms with Crippen molar-refractivity contribution in [1.82, 2.24) is 4.90 Å². The molecule has 6 heteroatoms. The molecule has 2 aromatic rings. The summed E-state index contributed by atoms with van der Waals surface area (Å²) in [7, 11) is 1.77. The Hall–Kier alpha value is -2.89. The summed E-state index contributed by atoms with van der Waals surface area (Å²) < 4.78 is 13.0. The van der Waals surface area contributed by atoms with Gasteiger partial charge in [-0.25, -0.2) is 9.18 Å². The van der Waals surface area contributed by atoms with Crippen LogP contribution in [-0.2, 0) is 10.2 Å². The van der Waals surface area contributed by atoms with Gasteiger partial charge in [0.2, 0.25) is 5.91 Å². The molecule has 4 rings (SSSR count). The van der Waals surface area contributed by atoms with Crippen LogP contribution in [-0.4, -0.2) is 37.0 Å². The molecule has 25 heavy (non-hydrogen) atoms. The fourth-order valence-corrected chi connectivity index (χ4v) is 3.83. The lowest BCUT2D eigenvalue weighted by atomic mass is 9.81. The Morgan fingerprint density at radius 2 is 1.88 bits per heavy atom. The lowest BCUT2D eigenvalue weighted by Gasteiger charge is -2.23. The quantitative estimate of drug-likeness (QED) is 0.868. The van der Waals surface area contributed by atoms with Crippen LogP contribution in [0.1, 0.15) is 12.0 Å². The molecule has 0 aromatic heterocycles. The summed E-state index contributed by atoms with van der Waals surface area (Å²) in [5, 5.41) is 2.76. The number of nitrogens with one attached hydrogen (secondary N) is 1. The average Bonchev–Trinajstić information content (AvgIpc) is 3.16. The number of fused-ring (bicyclic) bond motifs is 2. The van der Waals surface area contributed by atoms with Crippen molar-refractivity contribution in [2.24, 2.45) is 0 Å². The van der Waals surface area contributed by atoms with Gasteiger partial charge in [-0.2, -0.15) is 0 Å². The highest BCUT2D eigenvalue weighted by Gasteiger charge is 2.54. The van der Waals surface area contributed by atoms with Gasteiger partial charge in [0.15, 0.2) is 0 Å². The minimum Gasteiger partial charge on any atom is -0.323 e. The summed E-state index contributed by atoms with van der Waals surface area (Å²) in [4.78, 5) is 28.7. The second kappa shape index (κ2) is 5.58. The van der Waals surface area contributed by atoms with E-state index in [1.54, 1.807) is 16.8 Å². The predicted molar refractivity (Wildman–Crippen MR) is 93.1 cm³/mol. The molecule has 1 fully saturated rings. The van der Waals surface area contributed by atoms with Crippen LogP contribution in [0.15, 0.2) is 48.5 Å². The summed E-state index contributed by atoms with van der Waals surface area (Å²) in [6, 6.07) is 13.1. The van der Waals surface area contributed by atoms with Gasteiger partial charge < -0.3 is 15.1 Å². The molecule has 5 nitrogen and oxygen atoms in total. The monoisotopic (exact) mass is 339 g/mol. The van der Waals surface area contributed by atoms with Crippen molar-refractivity contribution in [3.05, 3.63) is 59.9 Å². The van der Waals surface area contributed by atoms with Gasteiger partial charge in [0.1, 0.15) is 5.82 Å². The van der Waals surface area contributed by atoms with Gasteiger partial charge in [-0.05, 0) is 42.3 Å². The number of amides is 3. The molecule has 2 aliphatic heterocycles. The molecule has 0 bridgehead atoms. The lowest BCUT2D eigenvalue weighted by molar-refractivity contribution is -0.122. The van der Waals surface area contributed by atoms with Crippen LogP contribution < -0.4 is 10.2 Å². The van der Waals surface area contributed by atoms with Crippen molar-refractivity contribution in [3.8, 4) is 0 Å². The van der Waals surface area contributed by atoms with Crippen molar-refractivity contribution in [3.63, 3.8) is 0 Å². The fourth-order valence-electron chi connectivity index (χ4n) is 3.83. The predicted octanol–water partition coefficient (Wildman–Crippen LogP) is 2.98. The number of carbonyl (C=O) groups is 2. The van der Waals surface area contributed by atoms with Crippen LogP contribution in [0.2, 0.25) is 0 Å². The summed E-state index contributed by atoms with van der Waals surface area (Å²) in [5.41, 5.74) is 1.77. The molecule has 3 amide bonds. The summed E-state index contributed by atoms with van der Waals surface area (Å²) in [6.45, 7) is 0.848. The topological polar surface area (TPSA) is 52.7 Å². The normalized spacial score (nSPS) is 21.8. The van der Waals surface area contributed by atoms with E-state index < -0.39 is 5.41 Å². The minimum absolute atomic E-state index is 0.0331. The number of nitrogens with zero attached hydrogens (tertiary/aromatic N) is 2. The molecule has 0 aliphatic carbocycles. The third-order valence-electron chi connectivity index (χ3n) is 5.15. The third kappa shape index (κ3) is 2.36. The van der Waals surface area contributed by atoms with Crippen LogP contribution in [0, 0.1) is 5.82 Å². The number of likely N-dealkylation sites (tertiary alicyclic amines) is 1. The van der Waals surface area contributed by atoms with Gasteiger partial charge in [-0.3, -0.25) is 4.79 Å². The number of carbonyl (C=O) groups excluding carboxylic acids is 2. The smallest absolute Gasteiger partial charge is 0.321 e. The molecule has 2 aliphatic rings.